The SMILES string of the molecule is COc1cccc(NC(=O)CN2CCN(CC(=O)Nc3cccc(F)c3)CC2)c1. The number of carbonyl (C=O) groups excluding carboxylic acids is 2. The van der Waals surface area contributed by atoms with Gasteiger partial charge in [0.05, 0.1) is 20.2 Å². The third kappa shape index (κ3) is 6.55. The van der Waals surface area contributed by atoms with Gasteiger partial charge < -0.3 is 15.4 Å². The van der Waals surface area contributed by atoms with Crippen molar-refractivity contribution in [1.29, 1.82) is 0 Å². The van der Waals surface area contributed by atoms with Gasteiger partial charge in [0.2, 0.25) is 11.8 Å². The zero-order valence-corrected chi connectivity index (χ0v) is 16.4. The summed E-state index contributed by atoms with van der Waals surface area (Å²) >= 11 is 0. The van der Waals surface area contributed by atoms with Crippen LogP contribution in [0.15, 0.2) is 48.5 Å². The molecule has 0 aliphatic carbocycles. The second-order valence-electron chi connectivity index (χ2n) is 6.89. The Balaban J connectivity index is 1.39. The second kappa shape index (κ2) is 9.99. The van der Waals surface area contributed by atoms with E-state index in [-0.39, 0.29) is 24.2 Å². The highest BCUT2D eigenvalue weighted by molar-refractivity contribution is 5.93. The standard InChI is InChI=1S/C21H25FN4O3/c1-29-19-7-3-6-18(13-19)24-21(28)15-26-10-8-25(9-11-26)14-20(27)23-17-5-2-4-16(22)12-17/h2-7,12-13H,8-11,14-15H2,1H3,(H,23,27)(H,24,28). The molecule has 1 fully saturated rings. The van der Waals surface area contributed by atoms with E-state index in [1.165, 1.54) is 12.1 Å². The molecular weight excluding hydrogens is 375 g/mol. The Hall–Kier alpha value is -2.97. The molecule has 0 radical (unpaired) electrons. The summed E-state index contributed by atoms with van der Waals surface area (Å²) in [5.74, 6) is 0.0342. The molecule has 1 aliphatic heterocycles. The van der Waals surface area contributed by atoms with Crippen molar-refractivity contribution in [2.75, 3.05) is 57.0 Å². The first-order valence-electron chi connectivity index (χ1n) is 9.46. The van der Waals surface area contributed by atoms with E-state index in [2.05, 4.69) is 15.5 Å². The van der Waals surface area contributed by atoms with E-state index in [1.54, 1.807) is 25.3 Å². The first-order valence-corrected chi connectivity index (χ1v) is 9.46. The molecule has 154 valence electrons. The van der Waals surface area contributed by atoms with Gasteiger partial charge in [0.1, 0.15) is 11.6 Å². The second-order valence-corrected chi connectivity index (χ2v) is 6.89. The highest BCUT2D eigenvalue weighted by Crippen LogP contribution is 2.16. The molecule has 0 aromatic heterocycles. The van der Waals surface area contributed by atoms with Crippen LogP contribution in [0, 0.1) is 5.82 Å². The predicted molar refractivity (Wildman–Crippen MR) is 110 cm³/mol. The summed E-state index contributed by atoms with van der Waals surface area (Å²) in [6.07, 6.45) is 0. The number of hydrogen-bond donors (Lipinski definition) is 2. The lowest BCUT2D eigenvalue weighted by molar-refractivity contribution is -0.120. The number of methoxy groups -OCH3 is 1. The third-order valence-corrected chi connectivity index (χ3v) is 4.66. The van der Waals surface area contributed by atoms with E-state index in [1.807, 2.05) is 23.1 Å². The molecule has 2 aromatic carbocycles. The van der Waals surface area contributed by atoms with Gasteiger partial charge >= 0.3 is 0 Å². The number of ether oxygens (including phenoxy) is 1. The van der Waals surface area contributed by atoms with Crippen LogP contribution in [0.4, 0.5) is 15.8 Å². The third-order valence-electron chi connectivity index (χ3n) is 4.66. The van der Waals surface area contributed by atoms with Crippen molar-refractivity contribution >= 4 is 23.2 Å². The summed E-state index contributed by atoms with van der Waals surface area (Å²) in [6.45, 7) is 3.28. The van der Waals surface area contributed by atoms with Crippen molar-refractivity contribution in [1.82, 2.24) is 9.80 Å². The van der Waals surface area contributed by atoms with Crippen LogP contribution in [0.2, 0.25) is 0 Å². The summed E-state index contributed by atoms with van der Waals surface area (Å²) in [6, 6.07) is 13.1. The summed E-state index contributed by atoms with van der Waals surface area (Å²) in [7, 11) is 1.58. The maximum atomic E-state index is 13.2. The van der Waals surface area contributed by atoms with Crippen molar-refractivity contribution in [3.05, 3.63) is 54.3 Å². The molecule has 8 heteroatoms. The number of anilines is 2. The van der Waals surface area contributed by atoms with E-state index in [0.717, 1.165) is 0 Å². The minimum absolute atomic E-state index is 0.0875. The van der Waals surface area contributed by atoms with Crippen LogP contribution in [0.3, 0.4) is 0 Å². The Morgan fingerprint density at radius 1 is 0.897 bits per heavy atom. The number of benzene rings is 2. The summed E-state index contributed by atoms with van der Waals surface area (Å²) in [5, 5.41) is 5.57. The molecule has 2 amide bonds. The Morgan fingerprint density at radius 3 is 1.93 bits per heavy atom. The minimum atomic E-state index is -0.386. The van der Waals surface area contributed by atoms with Crippen LogP contribution in [-0.4, -0.2) is 68.0 Å². The van der Waals surface area contributed by atoms with Crippen molar-refractivity contribution in [3.63, 3.8) is 0 Å². The molecule has 0 bridgehead atoms. The molecule has 0 atom stereocenters. The van der Waals surface area contributed by atoms with Gasteiger partial charge in [-0.05, 0) is 30.3 Å². The lowest BCUT2D eigenvalue weighted by Gasteiger charge is -2.33. The molecular formula is C21H25FN4O3. The maximum Gasteiger partial charge on any atom is 0.238 e. The van der Waals surface area contributed by atoms with Crippen molar-refractivity contribution in [2.24, 2.45) is 0 Å². The number of carbonyl (C=O) groups is 2. The molecule has 0 spiro atoms. The van der Waals surface area contributed by atoms with Gasteiger partial charge in [-0.2, -0.15) is 0 Å². The highest BCUT2D eigenvalue weighted by atomic mass is 19.1. The highest BCUT2D eigenvalue weighted by Gasteiger charge is 2.20. The fraction of sp³-hybridized carbons (Fsp3) is 0.333. The quantitative estimate of drug-likeness (QED) is 0.744. The van der Waals surface area contributed by atoms with E-state index in [9.17, 15) is 14.0 Å². The number of nitrogens with one attached hydrogen (secondary N) is 2. The van der Waals surface area contributed by atoms with Crippen LogP contribution >= 0.6 is 0 Å². The molecule has 1 saturated heterocycles. The Bertz CT molecular complexity index is 853. The van der Waals surface area contributed by atoms with Crippen LogP contribution in [0.25, 0.3) is 0 Å². The normalized spacial score (nSPS) is 15.0. The number of amides is 2. The lowest BCUT2D eigenvalue weighted by atomic mass is 10.2. The van der Waals surface area contributed by atoms with E-state index in [0.29, 0.717) is 49.8 Å². The van der Waals surface area contributed by atoms with E-state index < -0.39 is 0 Å². The first-order chi connectivity index (χ1) is 14.0. The first kappa shape index (κ1) is 20.8. The fourth-order valence-electron chi connectivity index (χ4n) is 3.18. The Kier molecular flexibility index (Phi) is 7.15. The lowest BCUT2D eigenvalue weighted by Crippen LogP contribution is -2.50. The van der Waals surface area contributed by atoms with Crippen molar-refractivity contribution in [3.8, 4) is 5.75 Å². The average molecular weight is 400 g/mol. The Morgan fingerprint density at radius 2 is 1.41 bits per heavy atom. The van der Waals surface area contributed by atoms with Crippen molar-refractivity contribution in [2.45, 2.75) is 0 Å². The summed E-state index contributed by atoms with van der Waals surface area (Å²) < 4.78 is 18.3. The summed E-state index contributed by atoms with van der Waals surface area (Å²) in [5.41, 5.74) is 1.14. The van der Waals surface area contributed by atoms with Crippen molar-refractivity contribution < 1.29 is 18.7 Å². The smallest absolute Gasteiger partial charge is 0.238 e. The number of piperazine rings is 1. The molecule has 0 saturated carbocycles. The van der Waals surface area contributed by atoms with Gasteiger partial charge in [-0.25, -0.2) is 4.39 Å². The van der Waals surface area contributed by atoms with Crippen LogP contribution in [0.5, 0.6) is 5.75 Å². The molecule has 1 aliphatic rings. The van der Waals surface area contributed by atoms with Gasteiger partial charge in [0, 0.05) is 43.6 Å². The molecule has 0 unspecified atom stereocenters. The van der Waals surface area contributed by atoms with E-state index >= 15 is 0 Å². The largest absolute Gasteiger partial charge is 0.497 e. The molecule has 1 heterocycles. The van der Waals surface area contributed by atoms with Gasteiger partial charge in [-0.1, -0.05) is 12.1 Å². The molecule has 2 aromatic rings. The molecule has 3 rings (SSSR count). The van der Waals surface area contributed by atoms with Gasteiger partial charge in [0.25, 0.3) is 0 Å². The zero-order valence-electron chi connectivity index (χ0n) is 16.4. The Labute approximate surface area is 169 Å². The maximum absolute atomic E-state index is 13.2. The fourth-order valence-corrected chi connectivity index (χ4v) is 3.18. The van der Waals surface area contributed by atoms with Crippen LogP contribution in [0.1, 0.15) is 0 Å². The predicted octanol–water partition coefficient (Wildman–Crippen LogP) is 2.03. The topological polar surface area (TPSA) is 73.9 Å². The van der Waals surface area contributed by atoms with Crippen LogP contribution < -0.4 is 15.4 Å². The van der Waals surface area contributed by atoms with Gasteiger partial charge in [-0.3, -0.25) is 19.4 Å². The minimum Gasteiger partial charge on any atom is -0.497 e. The number of rotatable bonds is 7. The number of hydrogen-bond acceptors (Lipinski definition) is 5. The average Bonchev–Trinajstić information content (AvgIpc) is 2.69. The molecule has 2 N–H and O–H groups in total. The van der Waals surface area contributed by atoms with E-state index in [4.69, 9.17) is 4.74 Å². The number of nitrogens with zero attached hydrogens (tertiary/aromatic N) is 2. The van der Waals surface area contributed by atoms with Gasteiger partial charge in [-0.15, -0.1) is 0 Å². The van der Waals surface area contributed by atoms with Crippen LogP contribution in [-0.2, 0) is 9.59 Å². The zero-order chi connectivity index (χ0) is 20.6. The van der Waals surface area contributed by atoms with Gasteiger partial charge in [0.15, 0.2) is 0 Å². The molecule has 29 heavy (non-hydrogen) atoms. The molecule has 7 nitrogen and oxygen atoms in total. The monoisotopic (exact) mass is 400 g/mol. The number of halogens is 1. The summed E-state index contributed by atoms with van der Waals surface area (Å²) in [4.78, 5) is 28.5.